The summed E-state index contributed by atoms with van der Waals surface area (Å²) in [7, 11) is 1.61. The number of morpholine rings is 1. The number of methoxy groups -OCH3 is 1. The van der Waals surface area contributed by atoms with E-state index in [1.807, 2.05) is 6.92 Å². The molecule has 1 saturated heterocycles. The summed E-state index contributed by atoms with van der Waals surface area (Å²) >= 11 is 0. The zero-order chi connectivity index (χ0) is 19.9. The van der Waals surface area contributed by atoms with Crippen molar-refractivity contribution in [2.45, 2.75) is 39.7 Å². The van der Waals surface area contributed by atoms with Crippen LogP contribution in [0.5, 0.6) is 0 Å². The molecule has 27 heavy (non-hydrogen) atoms. The van der Waals surface area contributed by atoms with E-state index in [4.69, 9.17) is 9.47 Å². The van der Waals surface area contributed by atoms with Gasteiger partial charge in [0.2, 0.25) is 5.91 Å². The van der Waals surface area contributed by atoms with Gasteiger partial charge in [-0.3, -0.25) is 9.69 Å². The summed E-state index contributed by atoms with van der Waals surface area (Å²) in [6, 6.07) is 0.434. The van der Waals surface area contributed by atoms with E-state index in [0.717, 1.165) is 52.2 Å². The minimum atomic E-state index is -0.103. The fourth-order valence-electron chi connectivity index (χ4n) is 3.38. The lowest BCUT2D eigenvalue weighted by Crippen LogP contribution is -2.53. The predicted octanol–water partition coefficient (Wildman–Crippen LogP) is 0.441. The lowest BCUT2D eigenvalue weighted by Gasteiger charge is -2.39. The van der Waals surface area contributed by atoms with E-state index in [1.165, 1.54) is 0 Å². The summed E-state index contributed by atoms with van der Waals surface area (Å²) in [4.78, 5) is 18.8. The van der Waals surface area contributed by atoms with Gasteiger partial charge in [0.15, 0.2) is 5.96 Å². The molecule has 1 rings (SSSR count). The molecule has 1 aliphatic heterocycles. The highest BCUT2D eigenvalue weighted by Crippen LogP contribution is 2.19. The topological polar surface area (TPSA) is 87.2 Å². The summed E-state index contributed by atoms with van der Waals surface area (Å²) in [6.07, 6.45) is 2.30. The van der Waals surface area contributed by atoms with E-state index in [0.29, 0.717) is 31.1 Å². The number of hydrogen-bond acceptors (Lipinski definition) is 5. The molecule has 1 atom stereocenters. The molecule has 1 fully saturated rings. The Kier molecular flexibility index (Phi) is 12.8. The van der Waals surface area contributed by atoms with Crippen LogP contribution in [0.3, 0.4) is 0 Å². The highest BCUT2D eigenvalue weighted by molar-refractivity contribution is 5.84. The highest BCUT2D eigenvalue weighted by atomic mass is 16.5. The molecule has 158 valence electrons. The lowest BCUT2D eigenvalue weighted by atomic mass is 9.92. The van der Waals surface area contributed by atoms with Crippen molar-refractivity contribution in [1.29, 1.82) is 0 Å². The monoisotopic (exact) mass is 385 g/mol. The fraction of sp³-hybridized carbons (Fsp3) is 0.895. The van der Waals surface area contributed by atoms with Gasteiger partial charge >= 0.3 is 0 Å². The van der Waals surface area contributed by atoms with Crippen LogP contribution in [-0.2, 0) is 14.3 Å². The Hall–Kier alpha value is -1.38. The first-order valence-corrected chi connectivity index (χ1v) is 10.3. The molecule has 1 amide bonds. The van der Waals surface area contributed by atoms with E-state index in [2.05, 4.69) is 39.7 Å². The molecule has 0 aliphatic carbocycles. The minimum Gasteiger partial charge on any atom is -0.383 e. The second-order valence-corrected chi connectivity index (χ2v) is 6.71. The standard InChI is InChI=1S/C19H39N5O3/c1-5-16(6-2)17(24-9-12-27-13-10-24)14-22-19(20-7-3)23-15-18(25)21-8-11-26-4/h16-17H,5-15H2,1-4H3,(H,21,25)(H2,20,22,23). The molecular weight excluding hydrogens is 346 g/mol. The summed E-state index contributed by atoms with van der Waals surface area (Å²) in [6.45, 7) is 12.7. The quantitative estimate of drug-likeness (QED) is 0.257. The van der Waals surface area contributed by atoms with E-state index in [9.17, 15) is 4.79 Å². The minimum absolute atomic E-state index is 0.103. The summed E-state index contributed by atoms with van der Waals surface area (Å²) in [5.74, 6) is 1.20. The van der Waals surface area contributed by atoms with Gasteiger partial charge in [-0.05, 0) is 12.8 Å². The maximum absolute atomic E-state index is 11.9. The first-order valence-electron chi connectivity index (χ1n) is 10.3. The normalized spacial score (nSPS) is 17.0. The van der Waals surface area contributed by atoms with Crippen molar-refractivity contribution in [3.05, 3.63) is 0 Å². The summed E-state index contributed by atoms with van der Waals surface area (Å²) in [5.41, 5.74) is 0. The number of hydrogen-bond donors (Lipinski definition) is 3. The summed E-state index contributed by atoms with van der Waals surface area (Å²) < 4.78 is 10.4. The van der Waals surface area contributed by atoms with Crippen molar-refractivity contribution in [3.63, 3.8) is 0 Å². The molecule has 0 aromatic heterocycles. The molecule has 0 saturated carbocycles. The van der Waals surface area contributed by atoms with Gasteiger partial charge < -0.3 is 25.4 Å². The maximum atomic E-state index is 11.9. The van der Waals surface area contributed by atoms with Gasteiger partial charge in [0.1, 0.15) is 6.54 Å². The van der Waals surface area contributed by atoms with E-state index in [-0.39, 0.29) is 12.5 Å². The van der Waals surface area contributed by atoms with Crippen LogP contribution in [0.15, 0.2) is 4.99 Å². The molecule has 8 heteroatoms. The summed E-state index contributed by atoms with van der Waals surface area (Å²) in [5, 5.41) is 9.46. The Bertz CT molecular complexity index is 424. The molecule has 0 bridgehead atoms. The van der Waals surface area contributed by atoms with Crippen LogP contribution in [0.4, 0.5) is 0 Å². The first-order chi connectivity index (χ1) is 13.2. The number of guanidine groups is 1. The Morgan fingerprint density at radius 1 is 1.15 bits per heavy atom. The van der Waals surface area contributed by atoms with Gasteiger partial charge in [0.25, 0.3) is 0 Å². The first kappa shape index (κ1) is 23.7. The molecule has 8 nitrogen and oxygen atoms in total. The smallest absolute Gasteiger partial charge is 0.241 e. The maximum Gasteiger partial charge on any atom is 0.241 e. The van der Waals surface area contributed by atoms with Gasteiger partial charge in [-0.15, -0.1) is 0 Å². The average molecular weight is 386 g/mol. The second kappa shape index (κ2) is 14.6. The SMILES string of the molecule is CCNC(=NCC(=O)NCCOC)NCC(C(CC)CC)N1CCOCC1. The van der Waals surface area contributed by atoms with Crippen molar-refractivity contribution in [3.8, 4) is 0 Å². The number of rotatable bonds is 12. The third-order valence-corrected chi connectivity index (χ3v) is 4.94. The van der Waals surface area contributed by atoms with Gasteiger partial charge in [0, 0.05) is 45.9 Å². The third kappa shape index (κ3) is 9.39. The molecule has 1 unspecified atom stereocenters. The van der Waals surface area contributed by atoms with Crippen molar-refractivity contribution >= 4 is 11.9 Å². The molecule has 1 heterocycles. The van der Waals surface area contributed by atoms with Crippen molar-refractivity contribution in [2.75, 3.05) is 66.2 Å². The van der Waals surface area contributed by atoms with E-state index >= 15 is 0 Å². The van der Waals surface area contributed by atoms with E-state index in [1.54, 1.807) is 7.11 Å². The Morgan fingerprint density at radius 3 is 2.44 bits per heavy atom. The Morgan fingerprint density at radius 2 is 1.85 bits per heavy atom. The largest absolute Gasteiger partial charge is 0.383 e. The van der Waals surface area contributed by atoms with Crippen molar-refractivity contribution < 1.29 is 14.3 Å². The number of nitrogens with zero attached hydrogens (tertiary/aromatic N) is 2. The number of aliphatic imine (C=N–C) groups is 1. The van der Waals surface area contributed by atoms with Gasteiger partial charge in [-0.1, -0.05) is 26.7 Å². The predicted molar refractivity (Wildman–Crippen MR) is 109 cm³/mol. The van der Waals surface area contributed by atoms with E-state index < -0.39 is 0 Å². The molecule has 0 spiro atoms. The van der Waals surface area contributed by atoms with Gasteiger partial charge in [-0.2, -0.15) is 0 Å². The van der Waals surface area contributed by atoms with Crippen LogP contribution in [-0.4, -0.2) is 89.0 Å². The number of carbonyl (C=O) groups is 1. The average Bonchev–Trinajstić information content (AvgIpc) is 2.70. The molecule has 0 radical (unpaired) electrons. The highest BCUT2D eigenvalue weighted by Gasteiger charge is 2.27. The van der Waals surface area contributed by atoms with Gasteiger partial charge in [-0.25, -0.2) is 4.99 Å². The molecule has 3 N–H and O–H groups in total. The number of nitrogens with one attached hydrogen (secondary N) is 3. The molecule has 0 aromatic carbocycles. The number of ether oxygens (including phenoxy) is 2. The third-order valence-electron chi connectivity index (χ3n) is 4.94. The molecule has 1 aliphatic rings. The van der Waals surface area contributed by atoms with Crippen LogP contribution in [0.2, 0.25) is 0 Å². The van der Waals surface area contributed by atoms with Crippen LogP contribution in [0, 0.1) is 5.92 Å². The zero-order valence-corrected chi connectivity index (χ0v) is 17.6. The lowest BCUT2D eigenvalue weighted by molar-refractivity contribution is -0.119. The van der Waals surface area contributed by atoms with Crippen molar-refractivity contribution in [1.82, 2.24) is 20.9 Å². The van der Waals surface area contributed by atoms with Crippen LogP contribution < -0.4 is 16.0 Å². The van der Waals surface area contributed by atoms with Crippen LogP contribution in [0.25, 0.3) is 0 Å². The Labute approximate surface area is 164 Å². The number of amides is 1. The number of carbonyl (C=O) groups excluding carboxylic acids is 1. The second-order valence-electron chi connectivity index (χ2n) is 6.71. The zero-order valence-electron chi connectivity index (χ0n) is 17.6. The van der Waals surface area contributed by atoms with Crippen LogP contribution >= 0.6 is 0 Å². The van der Waals surface area contributed by atoms with Crippen LogP contribution in [0.1, 0.15) is 33.6 Å². The Balaban J connectivity index is 2.63. The van der Waals surface area contributed by atoms with Gasteiger partial charge in [0.05, 0.1) is 19.8 Å². The molecular formula is C19H39N5O3. The van der Waals surface area contributed by atoms with Crippen molar-refractivity contribution in [2.24, 2.45) is 10.9 Å². The fourth-order valence-corrected chi connectivity index (χ4v) is 3.38. The molecule has 0 aromatic rings.